The summed E-state index contributed by atoms with van der Waals surface area (Å²) in [5.41, 5.74) is 3.55. The van der Waals surface area contributed by atoms with Crippen molar-refractivity contribution in [1.29, 1.82) is 0 Å². The van der Waals surface area contributed by atoms with Crippen LogP contribution in [-0.2, 0) is 6.54 Å². The van der Waals surface area contributed by atoms with Crippen LogP contribution in [0, 0.1) is 6.92 Å². The minimum atomic E-state index is -0.0793. The van der Waals surface area contributed by atoms with E-state index in [1.54, 1.807) is 12.3 Å². The van der Waals surface area contributed by atoms with Crippen molar-refractivity contribution in [1.82, 2.24) is 24.3 Å². The summed E-state index contributed by atoms with van der Waals surface area (Å²) in [5.74, 6) is 0. The average molecular weight is 399 g/mol. The molecule has 1 N–H and O–H groups in total. The van der Waals surface area contributed by atoms with Gasteiger partial charge in [0.25, 0.3) is 0 Å². The Morgan fingerprint density at radius 2 is 1.96 bits per heavy atom. The highest BCUT2D eigenvalue weighted by atomic mass is 35.5. The van der Waals surface area contributed by atoms with Crippen LogP contribution in [0.25, 0.3) is 11.2 Å². The van der Waals surface area contributed by atoms with E-state index in [0.29, 0.717) is 18.1 Å². The number of urea groups is 1. The van der Waals surface area contributed by atoms with Crippen molar-refractivity contribution in [3.05, 3.63) is 53.4 Å². The van der Waals surface area contributed by atoms with Gasteiger partial charge in [0.05, 0.1) is 6.33 Å². The van der Waals surface area contributed by atoms with Gasteiger partial charge in [-0.1, -0.05) is 17.7 Å². The van der Waals surface area contributed by atoms with Crippen LogP contribution in [0.5, 0.6) is 0 Å². The second-order valence-corrected chi connectivity index (χ2v) is 7.41. The third-order valence-electron chi connectivity index (χ3n) is 5.11. The molecule has 0 radical (unpaired) electrons. The number of pyridine rings is 1. The van der Waals surface area contributed by atoms with Gasteiger partial charge < -0.3 is 14.8 Å². The van der Waals surface area contributed by atoms with Gasteiger partial charge in [-0.3, -0.25) is 4.90 Å². The molecule has 8 heteroatoms. The van der Waals surface area contributed by atoms with E-state index in [9.17, 15) is 4.79 Å². The molecule has 0 aliphatic carbocycles. The van der Waals surface area contributed by atoms with E-state index in [4.69, 9.17) is 11.6 Å². The monoisotopic (exact) mass is 398 g/mol. The molecule has 1 fully saturated rings. The predicted molar refractivity (Wildman–Crippen MR) is 111 cm³/mol. The number of hydrogen-bond donors (Lipinski definition) is 1. The van der Waals surface area contributed by atoms with E-state index in [1.807, 2.05) is 42.4 Å². The van der Waals surface area contributed by atoms with Gasteiger partial charge >= 0.3 is 6.03 Å². The Hall–Kier alpha value is -2.64. The van der Waals surface area contributed by atoms with Crippen LogP contribution < -0.4 is 5.32 Å². The number of halogens is 1. The van der Waals surface area contributed by atoms with E-state index in [0.717, 1.165) is 48.6 Å². The standard InChI is InChI=1S/C20H23ClN6O/c1-15-4-5-16(13-17(15)21)24-20(28)26-10-7-25(8-11-26)9-12-27-14-23-18-3-2-6-22-19(18)27/h2-6,13-14H,7-12H2,1H3,(H,24,28). The number of nitrogens with one attached hydrogen (secondary N) is 1. The first-order valence-electron chi connectivity index (χ1n) is 9.40. The van der Waals surface area contributed by atoms with Crippen molar-refractivity contribution < 1.29 is 4.79 Å². The summed E-state index contributed by atoms with van der Waals surface area (Å²) in [4.78, 5) is 25.5. The molecule has 4 rings (SSSR count). The quantitative estimate of drug-likeness (QED) is 0.732. The van der Waals surface area contributed by atoms with E-state index in [1.165, 1.54) is 0 Å². The van der Waals surface area contributed by atoms with Crippen LogP contribution in [0.15, 0.2) is 42.9 Å². The van der Waals surface area contributed by atoms with Crippen LogP contribution in [-0.4, -0.2) is 63.1 Å². The van der Waals surface area contributed by atoms with Crippen molar-refractivity contribution in [3.8, 4) is 0 Å². The lowest BCUT2D eigenvalue weighted by Gasteiger charge is -2.34. The van der Waals surface area contributed by atoms with Crippen molar-refractivity contribution in [3.63, 3.8) is 0 Å². The zero-order valence-corrected chi connectivity index (χ0v) is 16.6. The third-order valence-corrected chi connectivity index (χ3v) is 5.52. The van der Waals surface area contributed by atoms with Crippen molar-refractivity contribution in [2.24, 2.45) is 0 Å². The molecule has 1 aliphatic heterocycles. The molecule has 0 unspecified atom stereocenters. The molecule has 3 aromatic rings. The molecule has 0 spiro atoms. The van der Waals surface area contributed by atoms with Crippen LogP contribution in [0.1, 0.15) is 5.56 Å². The Labute approximate surface area is 168 Å². The molecule has 28 heavy (non-hydrogen) atoms. The average Bonchev–Trinajstić information content (AvgIpc) is 3.13. The molecular formula is C20H23ClN6O. The maximum absolute atomic E-state index is 12.5. The van der Waals surface area contributed by atoms with Gasteiger partial charge in [0, 0.05) is 56.2 Å². The first-order valence-corrected chi connectivity index (χ1v) is 9.78. The number of aromatic nitrogens is 3. The topological polar surface area (TPSA) is 66.3 Å². The van der Waals surface area contributed by atoms with Gasteiger partial charge in [-0.2, -0.15) is 0 Å². The maximum atomic E-state index is 12.5. The second-order valence-electron chi connectivity index (χ2n) is 7.01. The number of benzene rings is 1. The SMILES string of the molecule is Cc1ccc(NC(=O)N2CCN(CCn3cnc4cccnc43)CC2)cc1Cl. The molecule has 2 amide bonds. The maximum Gasteiger partial charge on any atom is 0.321 e. The molecule has 1 saturated heterocycles. The molecule has 2 aromatic heterocycles. The lowest BCUT2D eigenvalue weighted by atomic mass is 10.2. The molecule has 0 bridgehead atoms. The highest BCUT2D eigenvalue weighted by molar-refractivity contribution is 6.31. The number of piperazine rings is 1. The Morgan fingerprint density at radius 3 is 2.75 bits per heavy atom. The summed E-state index contributed by atoms with van der Waals surface area (Å²) in [6, 6.07) is 9.36. The molecule has 7 nitrogen and oxygen atoms in total. The smallest absolute Gasteiger partial charge is 0.321 e. The largest absolute Gasteiger partial charge is 0.322 e. The number of aryl methyl sites for hydroxylation is 1. The molecule has 0 atom stereocenters. The van der Waals surface area contributed by atoms with Crippen LogP contribution in [0.2, 0.25) is 5.02 Å². The number of fused-ring (bicyclic) bond motifs is 1. The highest BCUT2D eigenvalue weighted by Crippen LogP contribution is 2.20. The Balaban J connectivity index is 1.27. The zero-order chi connectivity index (χ0) is 19.5. The molecule has 1 aliphatic rings. The van der Waals surface area contributed by atoms with Crippen LogP contribution >= 0.6 is 11.6 Å². The number of anilines is 1. The molecule has 3 heterocycles. The van der Waals surface area contributed by atoms with Gasteiger partial charge in [0.15, 0.2) is 5.65 Å². The number of amides is 2. The minimum Gasteiger partial charge on any atom is -0.322 e. The lowest BCUT2D eigenvalue weighted by molar-refractivity contribution is 0.144. The van der Waals surface area contributed by atoms with Crippen molar-refractivity contribution in [2.75, 3.05) is 38.0 Å². The first kappa shape index (κ1) is 18.7. The minimum absolute atomic E-state index is 0.0793. The fourth-order valence-corrected chi connectivity index (χ4v) is 3.54. The lowest BCUT2D eigenvalue weighted by Crippen LogP contribution is -2.50. The van der Waals surface area contributed by atoms with Gasteiger partial charge in [-0.25, -0.2) is 14.8 Å². The number of carbonyl (C=O) groups is 1. The van der Waals surface area contributed by atoms with Crippen LogP contribution in [0.3, 0.4) is 0 Å². The first-order chi connectivity index (χ1) is 13.6. The van der Waals surface area contributed by atoms with Crippen molar-refractivity contribution in [2.45, 2.75) is 13.5 Å². The van der Waals surface area contributed by atoms with Gasteiger partial charge in [-0.05, 0) is 36.8 Å². The third kappa shape index (κ3) is 4.10. The summed E-state index contributed by atoms with van der Waals surface area (Å²) in [5, 5.41) is 3.59. The molecular weight excluding hydrogens is 376 g/mol. The Bertz CT molecular complexity index is 980. The number of rotatable bonds is 4. The molecule has 1 aromatic carbocycles. The van der Waals surface area contributed by atoms with E-state index in [-0.39, 0.29) is 6.03 Å². The van der Waals surface area contributed by atoms with E-state index < -0.39 is 0 Å². The highest BCUT2D eigenvalue weighted by Gasteiger charge is 2.21. The zero-order valence-electron chi connectivity index (χ0n) is 15.8. The molecule has 0 saturated carbocycles. The van der Waals surface area contributed by atoms with Gasteiger partial charge in [-0.15, -0.1) is 0 Å². The Kier molecular flexibility index (Phi) is 5.45. The van der Waals surface area contributed by atoms with Gasteiger partial charge in [0.2, 0.25) is 0 Å². The van der Waals surface area contributed by atoms with Crippen LogP contribution in [0.4, 0.5) is 10.5 Å². The predicted octanol–water partition coefficient (Wildman–Crippen LogP) is 3.24. The number of imidazole rings is 1. The summed E-state index contributed by atoms with van der Waals surface area (Å²) >= 11 is 6.13. The Morgan fingerprint density at radius 1 is 1.14 bits per heavy atom. The summed E-state index contributed by atoms with van der Waals surface area (Å²) in [6.45, 7) is 6.79. The fraction of sp³-hybridized carbons (Fsp3) is 0.350. The fourth-order valence-electron chi connectivity index (χ4n) is 3.36. The second kappa shape index (κ2) is 8.16. The summed E-state index contributed by atoms with van der Waals surface area (Å²) < 4.78 is 2.08. The summed E-state index contributed by atoms with van der Waals surface area (Å²) in [6.07, 6.45) is 3.63. The normalized spacial score (nSPS) is 15.1. The van der Waals surface area contributed by atoms with Gasteiger partial charge in [0.1, 0.15) is 5.52 Å². The number of carbonyl (C=O) groups excluding carboxylic acids is 1. The van der Waals surface area contributed by atoms with E-state index in [2.05, 4.69) is 24.8 Å². The van der Waals surface area contributed by atoms with Crippen molar-refractivity contribution >= 4 is 34.5 Å². The van der Waals surface area contributed by atoms with E-state index >= 15 is 0 Å². The summed E-state index contributed by atoms with van der Waals surface area (Å²) in [7, 11) is 0. The number of nitrogens with zero attached hydrogens (tertiary/aromatic N) is 5. The molecule has 146 valence electrons. The number of hydrogen-bond acceptors (Lipinski definition) is 4.